The summed E-state index contributed by atoms with van der Waals surface area (Å²) in [5.41, 5.74) is 0.620. The van der Waals surface area contributed by atoms with Crippen molar-refractivity contribution in [3.8, 4) is 0 Å². The molecule has 0 fully saturated rings. The Balaban J connectivity index is 2.27. The zero-order chi connectivity index (χ0) is 15.4. The zero-order valence-electron chi connectivity index (χ0n) is 11.0. The first-order valence-electron chi connectivity index (χ1n) is 6.14. The van der Waals surface area contributed by atoms with Gasteiger partial charge in [0, 0.05) is 15.0 Å². The first kappa shape index (κ1) is 16.3. The van der Waals surface area contributed by atoms with Crippen molar-refractivity contribution in [2.45, 2.75) is 13.0 Å². The quantitative estimate of drug-likeness (QED) is 0.726. The fourth-order valence-corrected chi connectivity index (χ4v) is 3.47. The lowest BCUT2D eigenvalue weighted by Gasteiger charge is -2.17. The van der Waals surface area contributed by atoms with E-state index in [0.29, 0.717) is 10.0 Å². The molecule has 0 aliphatic carbocycles. The predicted molar refractivity (Wildman–Crippen MR) is 86.4 cm³/mol. The molecule has 1 aromatic carbocycles. The van der Waals surface area contributed by atoms with Crippen LogP contribution in [0.25, 0.3) is 0 Å². The number of thiophene rings is 1. The Morgan fingerprint density at radius 2 is 2.14 bits per heavy atom. The van der Waals surface area contributed by atoms with Gasteiger partial charge >= 0.3 is 5.97 Å². The molecule has 3 nitrogen and oxygen atoms in total. The Kier molecular flexibility index (Phi) is 5.61. The van der Waals surface area contributed by atoms with Crippen LogP contribution < -0.4 is 5.32 Å². The highest BCUT2D eigenvalue weighted by molar-refractivity contribution is 9.10. The molecule has 0 saturated heterocycles. The Hall–Kier alpha value is -1.11. The number of anilines is 1. The van der Waals surface area contributed by atoms with Crippen LogP contribution in [-0.4, -0.2) is 12.6 Å². The molecule has 0 aliphatic rings. The molecule has 2 aromatic rings. The molecular weight excluding hydrogens is 381 g/mol. The van der Waals surface area contributed by atoms with Crippen molar-refractivity contribution >= 4 is 50.5 Å². The molecule has 0 saturated carbocycles. The number of halogens is 3. The minimum atomic E-state index is -0.691. The van der Waals surface area contributed by atoms with Crippen molar-refractivity contribution < 1.29 is 13.9 Å². The van der Waals surface area contributed by atoms with Crippen LogP contribution in [0, 0.1) is 5.82 Å². The fourth-order valence-electron chi connectivity index (χ4n) is 1.69. The monoisotopic (exact) mass is 391 g/mol. The molecule has 0 bridgehead atoms. The topological polar surface area (TPSA) is 38.3 Å². The molecule has 0 spiro atoms. The van der Waals surface area contributed by atoms with Gasteiger partial charge in [0.1, 0.15) is 10.2 Å². The maximum Gasteiger partial charge on any atom is 0.334 e. The van der Waals surface area contributed by atoms with Crippen molar-refractivity contribution in [1.29, 1.82) is 0 Å². The predicted octanol–water partition coefficient (Wildman–Crippen LogP) is 5.02. The van der Waals surface area contributed by atoms with E-state index >= 15 is 0 Å². The molecule has 1 unspecified atom stereocenters. The van der Waals surface area contributed by atoms with E-state index in [9.17, 15) is 9.18 Å². The first-order valence-corrected chi connectivity index (χ1v) is 8.13. The third-order valence-electron chi connectivity index (χ3n) is 2.63. The van der Waals surface area contributed by atoms with E-state index in [2.05, 4.69) is 21.2 Å². The Labute approximate surface area is 139 Å². The van der Waals surface area contributed by atoms with Gasteiger partial charge in [-0.2, -0.15) is 0 Å². The van der Waals surface area contributed by atoms with Crippen LogP contribution in [0.5, 0.6) is 0 Å². The Bertz CT molecular complexity index is 613. The Morgan fingerprint density at radius 3 is 2.67 bits per heavy atom. The van der Waals surface area contributed by atoms with Crippen molar-refractivity contribution in [2.24, 2.45) is 0 Å². The van der Waals surface area contributed by atoms with Crippen LogP contribution in [-0.2, 0) is 9.53 Å². The standard InChI is InChI=1S/C14H12BrClFNO2S/c1-2-20-14(19)12(11-7-10(15)13(16)21-11)18-9-5-3-8(17)4-6-9/h3-7,12,18H,2H2,1H3. The average Bonchev–Trinajstić information content (AvgIpc) is 2.78. The van der Waals surface area contributed by atoms with Crippen LogP contribution in [0.2, 0.25) is 4.34 Å². The van der Waals surface area contributed by atoms with Crippen LogP contribution in [0.15, 0.2) is 34.8 Å². The molecule has 1 heterocycles. The minimum absolute atomic E-state index is 0.278. The molecule has 21 heavy (non-hydrogen) atoms. The number of rotatable bonds is 5. The number of benzene rings is 1. The number of carbonyl (C=O) groups excluding carboxylic acids is 1. The highest BCUT2D eigenvalue weighted by Gasteiger charge is 2.25. The number of hydrogen-bond acceptors (Lipinski definition) is 4. The third-order valence-corrected chi connectivity index (χ3v) is 5.17. The molecule has 112 valence electrons. The van der Waals surface area contributed by atoms with Crippen LogP contribution in [0.4, 0.5) is 10.1 Å². The van der Waals surface area contributed by atoms with Gasteiger partial charge in [0.05, 0.1) is 6.61 Å². The molecule has 7 heteroatoms. The lowest BCUT2D eigenvalue weighted by Crippen LogP contribution is -2.22. The molecule has 1 atom stereocenters. The van der Waals surface area contributed by atoms with Crippen LogP contribution in [0.3, 0.4) is 0 Å². The van der Waals surface area contributed by atoms with Crippen molar-refractivity contribution in [1.82, 2.24) is 0 Å². The number of hydrogen-bond donors (Lipinski definition) is 1. The maximum absolute atomic E-state index is 12.9. The van der Waals surface area contributed by atoms with Crippen molar-refractivity contribution in [3.05, 3.63) is 49.8 Å². The molecule has 0 aliphatic heterocycles. The SMILES string of the molecule is CCOC(=O)C(Nc1ccc(F)cc1)c1cc(Br)c(Cl)s1. The van der Waals surface area contributed by atoms with E-state index < -0.39 is 12.0 Å². The number of esters is 1. The summed E-state index contributed by atoms with van der Waals surface area (Å²) < 4.78 is 19.3. The summed E-state index contributed by atoms with van der Waals surface area (Å²) in [4.78, 5) is 12.8. The van der Waals surface area contributed by atoms with Crippen LogP contribution >= 0.6 is 38.9 Å². The van der Waals surface area contributed by atoms with E-state index in [-0.39, 0.29) is 12.4 Å². The highest BCUT2D eigenvalue weighted by Crippen LogP contribution is 2.36. The number of ether oxygens (including phenoxy) is 1. The second kappa shape index (κ2) is 7.24. The summed E-state index contributed by atoms with van der Waals surface area (Å²) in [6, 6.07) is 6.84. The number of nitrogens with one attached hydrogen (secondary N) is 1. The van der Waals surface area contributed by atoms with Gasteiger partial charge in [0.2, 0.25) is 0 Å². The van der Waals surface area contributed by atoms with Gasteiger partial charge in [-0.3, -0.25) is 0 Å². The lowest BCUT2D eigenvalue weighted by molar-refractivity contribution is -0.144. The van der Waals surface area contributed by atoms with Crippen LogP contribution in [0.1, 0.15) is 17.8 Å². The summed E-state index contributed by atoms with van der Waals surface area (Å²) in [6.07, 6.45) is 0. The van der Waals surface area contributed by atoms with Crippen molar-refractivity contribution in [3.63, 3.8) is 0 Å². The van der Waals surface area contributed by atoms with Gasteiger partial charge in [0.15, 0.2) is 6.04 Å². The molecule has 0 amide bonds. The number of carbonyl (C=O) groups is 1. The van der Waals surface area contributed by atoms with Crippen molar-refractivity contribution in [2.75, 3.05) is 11.9 Å². The normalized spacial score (nSPS) is 12.0. The zero-order valence-corrected chi connectivity index (χ0v) is 14.2. The third kappa shape index (κ3) is 4.18. The molecule has 1 N–H and O–H groups in total. The molecule has 1 aromatic heterocycles. The molecular formula is C14H12BrClFNO2S. The maximum atomic E-state index is 12.9. The second-order valence-electron chi connectivity index (χ2n) is 4.11. The van der Waals surface area contributed by atoms with E-state index in [4.69, 9.17) is 16.3 Å². The highest BCUT2D eigenvalue weighted by atomic mass is 79.9. The summed E-state index contributed by atoms with van der Waals surface area (Å²) >= 11 is 10.6. The summed E-state index contributed by atoms with van der Waals surface area (Å²) in [7, 11) is 0. The van der Waals surface area contributed by atoms with Gasteiger partial charge in [0.25, 0.3) is 0 Å². The van der Waals surface area contributed by atoms with Gasteiger partial charge in [-0.25, -0.2) is 9.18 Å². The minimum Gasteiger partial charge on any atom is -0.464 e. The van der Waals surface area contributed by atoms with Gasteiger partial charge in [-0.1, -0.05) is 11.6 Å². The molecule has 0 radical (unpaired) electrons. The van der Waals surface area contributed by atoms with Gasteiger partial charge < -0.3 is 10.1 Å². The average molecular weight is 393 g/mol. The van der Waals surface area contributed by atoms with Gasteiger partial charge in [-0.15, -0.1) is 11.3 Å². The van der Waals surface area contributed by atoms with E-state index in [1.54, 1.807) is 25.1 Å². The van der Waals surface area contributed by atoms with E-state index in [0.717, 1.165) is 9.35 Å². The molecule has 2 rings (SSSR count). The van der Waals surface area contributed by atoms with E-state index in [1.807, 2.05) is 0 Å². The Morgan fingerprint density at radius 1 is 1.48 bits per heavy atom. The smallest absolute Gasteiger partial charge is 0.334 e. The fraction of sp³-hybridized carbons (Fsp3) is 0.214. The largest absolute Gasteiger partial charge is 0.464 e. The van der Waals surface area contributed by atoms with Gasteiger partial charge in [-0.05, 0) is 53.2 Å². The summed E-state index contributed by atoms with van der Waals surface area (Å²) in [6.45, 7) is 2.02. The summed E-state index contributed by atoms with van der Waals surface area (Å²) in [5.74, 6) is -0.748. The lowest BCUT2D eigenvalue weighted by atomic mass is 10.2. The second-order valence-corrected chi connectivity index (χ2v) is 6.65. The summed E-state index contributed by atoms with van der Waals surface area (Å²) in [5, 5.41) is 3.04. The van der Waals surface area contributed by atoms with E-state index in [1.165, 1.54) is 23.5 Å². The first-order chi connectivity index (χ1) is 10.0.